The summed E-state index contributed by atoms with van der Waals surface area (Å²) in [5.41, 5.74) is 1.50. The second-order valence-corrected chi connectivity index (χ2v) is 5.20. The van der Waals surface area contributed by atoms with Crippen LogP contribution in [0.3, 0.4) is 0 Å². The molecule has 0 aliphatic rings. The van der Waals surface area contributed by atoms with Crippen molar-refractivity contribution >= 4 is 18.3 Å². The van der Waals surface area contributed by atoms with E-state index in [1.165, 1.54) is 4.90 Å². The van der Waals surface area contributed by atoms with E-state index >= 15 is 0 Å². The largest absolute Gasteiger partial charge is 0.467 e. The van der Waals surface area contributed by atoms with Crippen molar-refractivity contribution in [3.8, 4) is 5.88 Å². The molecule has 0 unspecified atom stereocenters. The molecule has 2 heterocycles. The second kappa shape index (κ2) is 6.09. The van der Waals surface area contributed by atoms with E-state index in [1.54, 1.807) is 31.0 Å². The number of carbonyl (C=O) groups excluding carboxylic acids is 1. The third kappa shape index (κ3) is 3.30. The lowest BCUT2D eigenvalue weighted by atomic mass is 10.2. The van der Waals surface area contributed by atoms with Crippen LogP contribution in [0.25, 0.3) is 0 Å². The molecule has 0 aliphatic carbocycles. The highest BCUT2D eigenvalue weighted by Gasteiger charge is 2.17. The lowest BCUT2D eigenvalue weighted by molar-refractivity contribution is 0.166. The van der Waals surface area contributed by atoms with Gasteiger partial charge < -0.3 is 14.1 Å². The van der Waals surface area contributed by atoms with Gasteiger partial charge in [-0.2, -0.15) is 0 Å². The lowest BCUT2D eigenvalue weighted by Gasteiger charge is -2.18. The summed E-state index contributed by atoms with van der Waals surface area (Å²) in [6.45, 7) is 4.03. The molecule has 112 valence electrons. The van der Waals surface area contributed by atoms with Crippen molar-refractivity contribution in [1.29, 1.82) is 0 Å². The molecule has 0 bridgehead atoms. The average molecular weight is 307 g/mol. The standard InChI is InChI=1S/C14H17N3O3S/c1-9-10(2)15-13(21)17(8-11-6-5-7-19-11)12(9)20-14(18)16(3)4/h5-7H,8H2,1-4H3. The van der Waals surface area contributed by atoms with Crippen LogP contribution in [0.15, 0.2) is 22.8 Å². The predicted octanol–water partition coefficient (Wildman–Crippen LogP) is 2.93. The van der Waals surface area contributed by atoms with Crippen molar-refractivity contribution in [3.05, 3.63) is 40.2 Å². The van der Waals surface area contributed by atoms with E-state index in [1.807, 2.05) is 19.9 Å². The summed E-state index contributed by atoms with van der Waals surface area (Å²) in [7, 11) is 3.24. The Labute approximate surface area is 128 Å². The van der Waals surface area contributed by atoms with E-state index in [2.05, 4.69) is 4.98 Å². The maximum Gasteiger partial charge on any atom is 0.415 e. The van der Waals surface area contributed by atoms with Gasteiger partial charge in [-0.1, -0.05) is 0 Å². The Morgan fingerprint density at radius 3 is 2.76 bits per heavy atom. The van der Waals surface area contributed by atoms with E-state index in [9.17, 15) is 4.79 Å². The zero-order valence-electron chi connectivity index (χ0n) is 12.4. The van der Waals surface area contributed by atoms with Crippen molar-refractivity contribution in [2.75, 3.05) is 14.1 Å². The molecular weight excluding hydrogens is 290 g/mol. The summed E-state index contributed by atoms with van der Waals surface area (Å²) in [6, 6.07) is 3.62. The number of ether oxygens (including phenoxy) is 1. The summed E-state index contributed by atoms with van der Waals surface area (Å²) in [5, 5.41) is 0. The molecule has 0 atom stereocenters. The summed E-state index contributed by atoms with van der Waals surface area (Å²) < 4.78 is 12.8. The average Bonchev–Trinajstić information content (AvgIpc) is 2.92. The SMILES string of the molecule is Cc1nc(=S)n(Cc2ccco2)c(OC(=O)N(C)C)c1C. The van der Waals surface area contributed by atoms with Crippen LogP contribution in [0, 0.1) is 18.6 Å². The predicted molar refractivity (Wildman–Crippen MR) is 80.1 cm³/mol. The molecule has 2 rings (SSSR count). The van der Waals surface area contributed by atoms with Crippen LogP contribution >= 0.6 is 12.2 Å². The summed E-state index contributed by atoms with van der Waals surface area (Å²) in [6.07, 6.45) is 1.12. The van der Waals surface area contributed by atoms with E-state index in [-0.39, 0.29) is 0 Å². The van der Waals surface area contributed by atoms with Crippen molar-refractivity contribution < 1.29 is 13.9 Å². The summed E-state index contributed by atoms with van der Waals surface area (Å²) >= 11 is 5.28. The Hall–Kier alpha value is -2.15. The fourth-order valence-electron chi connectivity index (χ4n) is 1.74. The van der Waals surface area contributed by atoms with Crippen LogP contribution in [0.2, 0.25) is 0 Å². The van der Waals surface area contributed by atoms with Crippen LogP contribution in [-0.2, 0) is 6.54 Å². The molecule has 2 aromatic heterocycles. The van der Waals surface area contributed by atoms with Crippen LogP contribution in [-0.4, -0.2) is 34.6 Å². The minimum atomic E-state index is -0.466. The topological polar surface area (TPSA) is 60.5 Å². The van der Waals surface area contributed by atoms with Gasteiger partial charge in [0.2, 0.25) is 10.7 Å². The molecule has 7 heteroatoms. The molecule has 21 heavy (non-hydrogen) atoms. The van der Waals surface area contributed by atoms with Crippen molar-refractivity contribution in [3.63, 3.8) is 0 Å². The number of nitrogens with zero attached hydrogens (tertiary/aromatic N) is 3. The molecule has 6 nitrogen and oxygen atoms in total. The number of furan rings is 1. The molecule has 0 spiro atoms. The Balaban J connectivity index is 2.49. The van der Waals surface area contributed by atoms with Gasteiger partial charge in [0.1, 0.15) is 5.76 Å². The number of rotatable bonds is 3. The van der Waals surface area contributed by atoms with Gasteiger partial charge in [-0.3, -0.25) is 4.57 Å². The highest BCUT2D eigenvalue weighted by atomic mass is 32.1. The number of aryl methyl sites for hydroxylation is 1. The van der Waals surface area contributed by atoms with Crippen LogP contribution in [0.1, 0.15) is 17.0 Å². The Bertz CT molecular complexity index is 705. The minimum Gasteiger partial charge on any atom is -0.467 e. The van der Waals surface area contributed by atoms with Gasteiger partial charge in [0.25, 0.3) is 0 Å². The molecule has 0 saturated carbocycles. The second-order valence-electron chi connectivity index (χ2n) is 4.84. The van der Waals surface area contributed by atoms with Gasteiger partial charge in [-0.15, -0.1) is 0 Å². The molecule has 0 radical (unpaired) electrons. The molecule has 0 N–H and O–H groups in total. The van der Waals surface area contributed by atoms with Crippen molar-refractivity contribution in [1.82, 2.24) is 14.5 Å². The lowest BCUT2D eigenvalue weighted by Crippen LogP contribution is -2.27. The number of aromatic nitrogens is 2. The number of hydrogen-bond donors (Lipinski definition) is 0. The fourth-order valence-corrected chi connectivity index (χ4v) is 2.02. The summed E-state index contributed by atoms with van der Waals surface area (Å²) in [4.78, 5) is 17.5. The Morgan fingerprint density at radius 2 is 2.19 bits per heavy atom. The van der Waals surface area contributed by atoms with E-state index in [4.69, 9.17) is 21.4 Å². The molecule has 2 aromatic rings. The third-order valence-corrected chi connectivity index (χ3v) is 3.36. The maximum atomic E-state index is 11.9. The molecule has 0 aliphatic heterocycles. The van der Waals surface area contributed by atoms with E-state index in [0.29, 0.717) is 23.0 Å². The van der Waals surface area contributed by atoms with Gasteiger partial charge >= 0.3 is 6.09 Å². The summed E-state index contributed by atoms with van der Waals surface area (Å²) in [5.74, 6) is 1.10. The first-order valence-corrected chi connectivity index (χ1v) is 6.80. The molecular formula is C14H17N3O3S. The van der Waals surface area contributed by atoms with E-state index < -0.39 is 6.09 Å². The van der Waals surface area contributed by atoms with Gasteiger partial charge in [0.05, 0.1) is 12.8 Å². The first-order chi connectivity index (χ1) is 9.90. The minimum absolute atomic E-state index is 0.344. The van der Waals surface area contributed by atoms with E-state index in [0.717, 1.165) is 11.3 Å². The van der Waals surface area contributed by atoms with Crippen LogP contribution < -0.4 is 4.74 Å². The van der Waals surface area contributed by atoms with Gasteiger partial charge in [-0.25, -0.2) is 9.78 Å². The van der Waals surface area contributed by atoms with Crippen LogP contribution in [0.5, 0.6) is 5.88 Å². The third-order valence-electron chi connectivity index (χ3n) is 3.05. The van der Waals surface area contributed by atoms with Gasteiger partial charge in [0, 0.05) is 25.4 Å². The van der Waals surface area contributed by atoms with Crippen LogP contribution in [0.4, 0.5) is 4.79 Å². The van der Waals surface area contributed by atoms with Gasteiger partial charge in [0.15, 0.2) is 0 Å². The highest BCUT2D eigenvalue weighted by molar-refractivity contribution is 7.71. The molecule has 1 amide bonds. The first-order valence-electron chi connectivity index (χ1n) is 6.39. The molecule has 0 saturated heterocycles. The highest BCUT2D eigenvalue weighted by Crippen LogP contribution is 2.22. The fraction of sp³-hybridized carbons (Fsp3) is 0.357. The van der Waals surface area contributed by atoms with Crippen molar-refractivity contribution in [2.24, 2.45) is 0 Å². The van der Waals surface area contributed by atoms with Gasteiger partial charge in [-0.05, 0) is 38.2 Å². The monoisotopic (exact) mass is 307 g/mol. The molecule has 0 fully saturated rings. The Kier molecular flexibility index (Phi) is 4.42. The van der Waals surface area contributed by atoms with Crippen molar-refractivity contribution in [2.45, 2.75) is 20.4 Å². The zero-order valence-corrected chi connectivity index (χ0v) is 13.2. The quantitative estimate of drug-likeness (QED) is 0.816. The normalized spacial score (nSPS) is 10.5. The smallest absolute Gasteiger partial charge is 0.415 e. The zero-order chi connectivity index (χ0) is 15.6. The first kappa shape index (κ1) is 15.2. The number of carbonyl (C=O) groups is 1. The Morgan fingerprint density at radius 1 is 1.48 bits per heavy atom. The number of hydrogen-bond acceptors (Lipinski definition) is 5. The maximum absolute atomic E-state index is 11.9. The molecule has 0 aromatic carbocycles. The number of amides is 1.